The first-order valence-electron chi connectivity index (χ1n) is 6.74. The summed E-state index contributed by atoms with van der Waals surface area (Å²) in [7, 11) is 4.02. The number of hydrogen-bond donors (Lipinski definition) is 2. The van der Waals surface area contributed by atoms with E-state index in [0.717, 1.165) is 6.42 Å². The number of aryl methyl sites for hydroxylation is 1. The predicted octanol–water partition coefficient (Wildman–Crippen LogP) is 2.16. The van der Waals surface area contributed by atoms with Crippen LogP contribution in [0.1, 0.15) is 31.0 Å². The third-order valence-corrected chi connectivity index (χ3v) is 3.28. The van der Waals surface area contributed by atoms with Gasteiger partial charge in [0.1, 0.15) is 0 Å². The second kappa shape index (κ2) is 10.9. The first-order chi connectivity index (χ1) is 8.95. The van der Waals surface area contributed by atoms with Crippen LogP contribution >= 0.6 is 24.8 Å². The number of halogens is 2. The van der Waals surface area contributed by atoms with Crippen molar-refractivity contribution in [3.05, 3.63) is 35.4 Å². The van der Waals surface area contributed by atoms with Crippen molar-refractivity contribution in [1.82, 2.24) is 10.2 Å². The minimum absolute atomic E-state index is 0. The van der Waals surface area contributed by atoms with Crippen molar-refractivity contribution < 1.29 is 4.79 Å². The summed E-state index contributed by atoms with van der Waals surface area (Å²) in [6.45, 7) is 4.40. The van der Waals surface area contributed by atoms with Crippen LogP contribution in [0.4, 0.5) is 0 Å². The quantitative estimate of drug-likeness (QED) is 0.837. The average molecular weight is 336 g/mol. The number of nitrogens with two attached hydrogens (primary N) is 1. The Kier molecular flexibility index (Phi) is 11.6. The van der Waals surface area contributed by atoms with Gasteiger partial charge in [-0.05, 0) is 38.6 Å². The van der Waals surface area contributed by atoms with Crippen LogP contribution in [0.3, 0.4) is 0 Å². The molecule has 4 nitrogen and oxygen atoms in total. The lowest BCUT2D eigenvalue weighted by Crippen LogP contribution is -2.42. The maximum atomic E-state index is 11.5. The molecule has 1 aromatic rings. The highest BCUT2D eigenvalue weighted by atomic mass is 35.5. The molecule has 3 N–H and O–H groups in total. The number of amides is 1. The molecule has 0 aliphatic rings. The molecule has 2 atom stereocenters. The summed E-state index contributed by atoms with van der Waals surface area (Å²) in [4.78, 5) is 13.6. The minimum Gasteiger partial charge on any atom is -0.353 e. The molecule has 0 radical (unpaired) electrons. The van der Waals surface area contributed by atoms with Gasteiger partial charge in [-0.25, -0.2) is 0 Å². The maximum absolute atomic E-state index is 11.5. The van der Waals surface area contributed by atoms with Crippen molar-refractivity contribution >= 4 is 30.7 Å². The van der Waals surface area contributed by atoms with Crippen molar-refractivity contribution in [2.45, 2.75) is 32.4 Å². The van der Waals surface area contributed by atoms with Crippen molar-refractivity contribution in [2.75, 3.05) is 20.6 Å². The van der Waals surface area contributed by atoms with Crippen LogP contribution in [0.5, 0.6) is 0 Å². The number of benzene rings is 1. The Bertz CT molecular complexity index is 408. The summed E-state index contributed by atoms with van der Waals surface area (Å²) in [6, 6.07) is 8.22. The summed E-state index contributed by atoms with van der Waals surface area (Å²) in [5.41, 5.74) is 8.07. The van der Waals surface area contributed by atoms with Crippen LogP contribution in [0.15, 0.2) is 24.3 Å². The monoisotopic (exact) mass is 335 g/mol. The number of hydrogen-bond acceptors (Lipinski definition) is 3. The molecule has 0 aliphatic carbocycles. The summed E-state index contributed by atoms with van der Waals surface area (Å²) < 4.78 is 0. The van der Waals surface area contributed by atoms with E-state index in [2.05, 4.69) is 41.4 Å². The summed E-state index contributed by atoms with van der Waals surface area (Å²) in [5, 5.41) is 2.89. The Morgan fingerprint density at radius 2 is 1.76 bits per heavy atom. The molecule has 122 valence electrons. The second-order valence-electron chi connectivity index (χ2n) is 5.11. The van der Waals surface area contributed by atoms with Crippen LogP contribution < -0.4 is 11.1 Å². The van der Waals surface area contributed by atoms with Crippen LogP contribution in [0.2, 0.25) is 0 Å². The van der Waals surface area contributed by atoms with Crippen molar-refractivity contribution in [2.24, 2.45) is 5.73 Å². The molecule has 6 heteroatoms. The molecule has 0 bridgehead atoms. The molecule has 0 spiro atoms. The fourth-order valence-electron chi connectivity index (χ4n) is 1.93. The van der Waals surface area contributed by atoms with E-state index in [9.17, 15) is 4.79 Å². The van der Waals surface area contributed by atoms with Crippen molar-refractivity contribution in [3.63, 3.8) is 0 Å². The second-order valence-corrected chi connectivity index (χ2v) is 5.11. The topological polar surface area (TPSA) is 58.4 Å². The minimum atomic E-state index is -0.467. The third kappa shape index (κ3) is 7.14. The summed E-state index contributed by atoms with van der Waals surface area (Å²) in [5.74, 6) is -0.114. The Hall–Kier alpha value is -0.810. The van der Waals surface area contributed by atoms with Crippen LogP contribution in [0.25, 0.3) is 0 Å². The van der Waals surface area contributed by atoms with Gasteiger partial charge in [-0.15, -0.1) is 24.8 Å². The zero-order valence-electron chi connectivity index (χ0n) is 13.1. The van der Waals surface area contributed by atoms with Crippen molar-refractivity contribution in [1.29, 1.82) is 0 Å². The van der Waals surface area contributed by atoms with E-state index < -0.39 is 6.04 Å². The molecule has 1 unspecified atom stereocenters. The molecular weight excluding hydrogens is 309 g/mol. The van der Waals surface area contributed by atoms with E-state index in [4.69, 9.17) is 5.73 Å². The van der Waals surface area contributed by atoms with Gasteiger partial charge in [-0.3, -0.25) is 4.79 Å². The number of nitrogens with one attached hydrogen (secondary N) is 1. The van der Waals surface area contributed by atoms with E-state index in [1.807, 2.05) is 14.1 Å². The number of nitrogens with zero attached hydrogens (tertiary/aromatic N) is 1. The molecule has 0 saturated heterocycles. The zero-order valence-corrected chi connectivity index (χ0v) is 14.8. The Morgan fingerprint density at radius 1 is 1.24 bits per heavy atom. The number of rotatable bonds is 6. The van der Waals surface area contributed by atoms with Gasteiger partial charge in [-0.1, -0.05) is 31.2 Å². The molecule has 1 aromatic carbocycles. The number of likely N-dealkylation sites (N-methyl/N-ethyl adjacent to an activating group) is 1. The van der Waals surface area contributed by atoms with Gasteiger partial charge in [0.15, 0.2) is 0 Å². The lowest BCUT2D eigenvalue weighted by atomic mass is 10.0. The van der Waals surface area contributed by atoms with E-state index in [1.54, 1.807) is 6.92 Å². The Labute approximate surface area is 140 Å². The standard InChI is InChI=1S/C15H25N3O.2ClH/c1-5-12-6-8-13(9-7-12)14(18(3)4)10-17-15(19)11(2)16;;/h6-9,11,14H,5,10,16H2,1-4H3,(H,17,19);2*1H/t11-,14?;;/m1../s1. The van der Waals surface area contributed by atoms with Gasteiger partial charge in [0, 0.05) is 6.54 Å². The molecule has 0 aromatic heterocycles. The van der Waals surface area contributed by atoms with Gasteiger partial charge in [0.2, 0.25) is 5.91 Å². The van der Waals surface area contributed by atoms with E-state index in [-0.39, 0.29) is 36.8 Å². The average Bonchev–Trinajstić information content (AvgIpc) is 2.38. The largest absolute Gasteiger partial charge is 0.353 e. The van der Waals surface area contributed by atoms with E-state index in [0.29, 0.717) is 6.54 Å². The third-order valence-electron chi connectivity index (χ3n) is 3.28. The first kappa shape index (κ1) is 22.5. The molecule has 1 rings (SSSR count). The van der Waals surface area contributed by atoms with Gasteiger partial charge in [0.05, 0.1) is 12.1 Å². The fourth-order valence-corrected chi connectivity index (χ4v) is 1.93. The molecule has 0 fully saturated rings. The Balaban J connectivity index is 0. The highest BCUT2D eigenvalue weighted by molar-refractivity contribution is 5.85. The van der Waals surface area contributed by atoms with Crippen LogP contribution in [0, 0.1) is 0 Å². The molecule has 21 heavy (non-hydrogen) atoms. The van der Waals surface area contributed by atoms with Gasteiger partial charge in [-0.2, -0.15) is 0 Å². The summed E-state index contributed by atoms with van der Waals surface area (Å²) >= 11 is 0. The predicted molar refractivity (Wildman–Crippen MR) is 93.4 cm³/mol. The first-order valence-corrected chi connectivity index (χ1v) is 6.74. The van der Waals surface area contributed by atoms with Gasteiger partial charge >= 0.3 is 0 Å². The lowest BCUT2D eigenvalue weighted by molar-refractivity contribution is -0.122. The molecule has 1 amide bonds. The van der Waals surface area contributed by atoms with Gasteiger partial charge < -0.3 is 16.0 Å². The summed E-state index contributed by atoms with van der Waals surface area (Å²) in [6.07, 6.45) is 1.04. The lowest BCUT2D eigenvalue weighted by Gasteiger charge is -2.25. The smallest absolute Gasteiger partial charge is 0.236 e. The van der Waals surface area contributed by atoms with Crippen molar-refractivity contribution in [3.8, 4) is 0 Å². The highest BCUT2D eigenvalue weighted by Crippen LogP contribution is 2.18. The highest BCUT2D eigenvalue weighted by Gasteiger charge is 2.16. The molecule has 0 aliphatic heterocycles. The molecular formula is C15H27Cl2N3O. The molecule has 0 heterocycles. The number of carbonyl (C=O) groups excluding carboxylic acids is 1. The van der Waals surface area contributed by atoms with Crippen LogP contribution in [-0.2, 0) is 11.2 Å². The van der Waals surface area contributed by atoms with Crippen LogP contribution in [-0.4, -0.2) is 37.5 Å². The maximum Gasteiger partial charge on any atom is 0.236 e. The van der Waals surface area contributed by atoms with E-state index >= 15 is 0 Å². The number of carbonyl (C=O) groups is 1. The van der Waals surface area contributed by atoms with E-state index in [1.165, 1.54) is 11.1 Å². The molecule has 0 saturated carbocycles. The van der Waals surface area contributed by atoms with Gasteiger partial charge in [0.25, 0.3) is 0 Å². The SMILES string of the molecule is CCc1ccc(C(CNC(=O)[C@@H](C)N)N(C)C)cc1.Cl.Cl. The Morgan fingerprint density at radius 3 is 2.14 bits per heavy atom. The fraction of sp³-hybridized carbons (Fsp3) is 0.533. The normalized spacial score (nSPS) is 12.9. The zero-order chi connectivity index (χ0) is 14.4.